The van der Waals surface area contributed by atoms with E-state index in [4.69, 9.17) is 0 Å². The molecule has 4 heteroatoms. The van der Waals surface area contributed by atoms with Crippen LogP contribution in [-0.4, -0.2) is 66.5 Å². The molecule has 0 amide bonds. The van der Waals surface area contributed by atoms with Crippen molar-refractivity contribution in [1.82, 2.24) is 9.80 Å². The number of allylic oxidation sites excluding steroid dienone is 1. The van der Waals surface area contributed by atoms with Crippen LogP contribution in [0.1, 0.15) is 27.7 Å². The number of nitrogens with zero attached hydrogens (tertiary/aromatic N) is 3. The summed E-state index contributed by atoms with van der Waals surface area (Å²) in [6, 6.07) is 0. The maximum atomic E-state index is 9.34. The molecule has 4 nitrogen and oxygen atoms in total. The van der Waals surface area contributed by atoms with E-state index in [-0.39, 0.29) is 6.10 Å². The number of hydrogen-bond donors (Lipinski definition) is 1. The average molecular weight is 281 g/mol. The molecule has 0 aromatic heterocycles. The van der Waals surface area contributed by atoms with E-state index in [0.717, 1.165) is 50.5 Å². The van der Waals surface area contributed by atoms with Gasteiger partial charge in [-0.1, -0.05) is 27.0 Å². The number of aliphatic hydroxyl groups excluding tert-OH is 1. The molecule has 0 aromatic rings. The molecule has 1 unspecified atom stereocenters. The highest BCUT2D eigenvalue weighted by atomic mass is 16.3. The molecule has 0 radical (unpaired) electrons. The lowest BCUT2D eigenvalue weighted by Crippen LogP contribution is -2.48. The van der Waals surface area contributed by atoms with Gasteiger partial charge in [0.1, 0.15) is 0 Å². The van der Waals surface area contributed by atoms with Crippen molar-refractivity contribution in [2.24, 2.45) is 4.99 Å². The van der Waals surface area contributed by atoms with Gasteiger partial charge in [0.25, 0.3) is 0 Å². The molecule has 1 aliphatic rings. The van der Waals surface area contributed by atoms with Crippen LogP contribution in [-0.2, 0) is 0 Å². The molecule has 1 aliphatic heterocycles. The van der Waals surface area contributed by atoms with Crippen molar-refractivity contribution in [3.8, 4) is 0 Å². The predicted octanol–water partition coefficient (Wildman–Crippen LogP) is 2.17. The fraction of sp³-hybridized carbons (Fsp3) is 0.688. The summed E-state index contributed by atoms with van der Waals surface area (Å²) in [6.45, 7) is 21.1. The molecular weight excluding hydrogens is 250 g/mol. The van der Waals surface area contributed by atoms with Crippen LogP contribution in [0.4, 0.5) is 0 Å². The number of aliphatic imine (C=N–C) groups is 1. The molecular formula is C16H31N3O. The van der Waals surface area contributed by atoms with E-state index in [0.29, 0.717) is 0 Å². The molecule has 0 bridgehead atoms. The molecule has 1 saturated heterocycles. The van der Waals surface area contributed by atoms with Crippen LogP contribution in [0, 0.1) is 0 Å². The molecule has 0 spiro atoms. The fourth-order valence-corrected chi connectivity index (χ4v) is 2.03. The Morgan fingerprint density at radius 2 is 1.70 bits per heavy atom. The molecule has 0 aliphatic carbocycles. The highest BCUT2D eigenvalue weighted by Crippen LogP contribution is 2.04. The number of piperazine rings is 1. The Labute approximate surface area is 124 Å². The smallest absolute Gasteiger partial charge is 0.0639 e. The van der Waals surface area contributed by atoms with Crippen molar-refractivity contribution in [3.05, 3.63) is 24.4 Å². The highest BCUT2D eigenvalue weighted by molar-refractivity contribution is 5.78. The van der Waals surface area contributed by atoms with Crippen molar-refractivity contribution < 1.29 is 5.11 Å². The van der Waals surface area contributed by atoms with Gasteiger partial charge in [-0.25, -0.2) is 0 Å². The summed E-state index contributed by atoms with van der Waals surface area (Å²) in [5.41, 5.74) is 1.82. The maximum absolute atomic E-state index is 9.34. The van der Waals surface area contributed by atoms with E-state index in [1.54, 1.807) is 6.21 Å². The first kappa shape index (κ1) is 19.0. The second kappa shape index (κ2) is 10.8. The molecule has 1 heterocycles. The number of aliphatic hydroxyl groups is 1. The van der Waals surface area contributed by atoms with Crippen molar-refractivity contribution in [1.29, 1.82) is 0 Å². The maximum Gasteiger partial charge on any atom is 0.0639 e. The van der Waals surface area contributed by atoms with Gasteiger partial charge >= 0.3 is 0 Å². The van der Waals surface area contributed by atoms with E-state index in [1.807, 2.05) is 27.7 Å². The summed E-state index contributed by atoms with van der Waals surface area (Å²) in [7, 11) is 0. The van der Waals surface area contributed by atoms with Gasteiger partial charge in [0.2, 0.25) is 0 Å². The Morgan fingerprint density at radius 3 is 2.15 bits per heavy atom. The van der Waals surface area contributed by atoms with Gasteiger partial charge in [0.15, 0.2) is 0 Å². The molecule has 1 atom stereocenters. The second-order valence-electron chi connectivity index (χ2n) is 5.08. The quantitative estimate of drug-likeness (QED) is 0.758. The zero-order valence-electron chi connectivity index (χ0n) is 13.6. The minimum atomic E-state index is -0.241. The first-order chi connectivity index (χ1) is 9.47. The number of hydrogen-bond acceptors (Lipinski definition) is 4. The topological polar surface area (TPSA) is 39.1 Å². The largest absolute Gasteiger partial charge is 0.392 e. The standard InChI is InChI=1S/C14H25N3O.C2H6/c1-12(2)15-9-13(3)10-16-5-7-17(8-6-16)11-14(4)18;1-2/h9,14,18H,1,3,5-8,10-11H2,2,4H3;1-2H3. The van der Waals surface area contributed by atoms with Crippen molar-refractivity contribution in [2.75, 3.05) is 39.3 Å². The SMILES string of the molecule is C=C(C=NC(=C)C)CN1CCN(CC(C)O)CC1.CC. The van der Waals surface area contributed by atoms with Crippen LogP contribution in [0.2, 0.25) is 0 Å². The zero-order valence-corrected chi connectivity index (χ0v) is 13.6. The Bertz CT molecular complexity index is 316. The van der Waals surface area contributed by atoms with Gasteiger partial charge in [0, 0.05) is 51.2 Å². The van der Waals surface area contributed by atoms with Gasteiger partial charge in [-0.3, -0.25) is 14.8 Å². The van der Waals surface area contributed by atoms with E-state index in [9.17, 15) is 5.11 Å². The summed E-state index contributed by atoms with van der Waals surface area (Å²) in [5.74, 6) is 0. The lowest BCUT2D eigenvalue weighted by atomic mass is 10.2. The number of β-amino-alcohol motifs (C(OH)–C–C–N with tert-alkyl or cyclic N) is 1. The van der Waals surface area contributed by atoms with Gasteiger partial charge in [-0.15, -0.1) is 0 Å². The molecule has 1 rings (SSSR count). The van der Waals surface area contributed by atoms with Crippen LogP contribution in [0.3, 0.4) is 0 Å². The lowest BCUT2D eigenvalue weighted by Gasteiger charge is -2.35. The minimum absolute atomic E-state index is 0.241. The van der Waals surface area contributed by atoms with Crippen LogP contribution >= 0.6 is 0 Å². The zero-order chi connectivity index (χ0) is 15.5. The summed E-state index contributed by atoms with van der Waals surface area (Å²) in [6.07, 6.45) is 1.55. The normalized spacial score (nSPS) is 18.4. The van der Waals surface area contributed by atoms with Gasteiger partial charge < -0.3 is 5.11 Å². The Morgan fingerprint density at radius 1 is 1.20 bits per heavy atom. The first-order valence-electron chi connectivity index (χ1n) is 7.47. The minimum Gasteiger partial charge on any atom is -0.392 e. The first-order valence-corrected chi connectivity index (χ1v) is 7.47. The molecule has 0 saturated carbocycles. The summed E-state index contributed by atoms with van der Waals surface area (Å²) in [4.78, 5) is 8.82. The van der Waals surface area contributed by atoms with E-state index in [1.165, 1.54) is 0 Å². The molecule has 1 fully saturated rings. The fourth-order valence-electron chi connectivity index (χ4n) is 2.03. The Balaban J connectivity index is 0.00000172. The second-order valence-corrected chi connectivity index (χ2v) is 5.08. The summed E-state index contributed by atoms with van der Waals surface area (Å²) < 4.78 is 0. The summed E-state index contributed by atoms with van der Waals surface area (Å²) in [5, 5.41) is 9.34. The van der Waals surface area contributed by atoms with E-state index < -0.39 is 0 Å². The molecule has 0 aromatic carbocycles. The third-order valence-electron chi connectivity index (χ3n) is 2.88. The third kappa shape index (κ3) is 9.02. The van der Waals surface area contributed by atoms with E-state index >= 15 is 0 Å². The van der Waals surface area contributed by atoms with Crippen LogP contribution < -0.4 is 0 Å². The van der Waals surface area contributed by atoms with Gasteiger partial charge in [0.05, 0.1) is 6.10 Å². The summed E-state index contributed by atoms with van der Waals surface area (Å²) >= 11 is 0. The Hall–Kier alpha value is -0.970. The van der Waals surface area contributed by atoms with Crippen LogP contribution in [0.25, 0.3) is 0 Å². The molecule has 20 heavy (non-hydrogen) atoms. The van der Waals surface area contributed by atoms with Crippen LogP contribution in [0.15, 0.2) is 29.4 Å². The third-order valence-corrected chi connectivity index (χ3v) is 2.88. The monoisotopic (exact) mass is 281 g/mol. The number of rotatable bonds is 6. The van der Waals surface area contributed by atoms with Crippen molar-refractivity contribution in [3.63, 3.8) is 0 Å². The average Bonchev–Trinajstić information content (AvgIpc) is 2.40. The van der Waals surface area contributed by atoms with Crippen molar-refractivity contribution in [2.45, 2.75) is 33.8 Å². The van der Waals surface area contributed by atoms with Gasteiger partial charge in [-0.2, -0.15) is 0 Å². The molecule has 116 valence electrons. The predicted molar refractivity (Wildman–Crippen MR) is 88.4 cm³/mol. The highest BCUT2D eigenvalue weighted by Gasteiger charge is 2.17. The van der Waals surface area contributed by atoms with Gasteiger partial charge in [-0.05, 0) is 19.4 Å². The van der Waals surface area contributed by atoms with Crippen molar-refractivity contribution >= 4 is 6.21 Å². The molecule has 1 N–H and O–H groups in total. The lowest BCUT2D eigenvalue weighted by molar-refractivity contribution is 0.0847. The van der Waals surface area contributed by atoms with E-state index in [2.05, 4.69) is 28.0 Å². The van der Waals surface area contributed by atoms with Crippen LogP contribution in [0.5, 0.6) is 0 Å². The Kier molecular flexibility index (Phi) is 10.3.